The Balaban J connectivity index is 2.05. The molecule has 1 amide bonds. The van der Waals surface area contributed by atoms with Crippen LogP contribution in [0.1, 0.15) is 26.3 Å². The van der Waals surface area contributed by atoms with Crippen LogP contribution in [0.25, 0.3) is 0 Å². The summed E-state index contributed by atoms with van der Waals surface area (Å²) in [6, 6.07) is 13.6. The summed E-state index contributed by atoms with van der Waals surface area (Å²) in [4.78, 5) is 12.6. The molecule has 0 radical (unpaired) electrons. The van der Waals surface area contributed by atoms with Crippen LogP contribution < -0.4 is 10.1 Å². The molecule has 0 unspecified atom stereocenters. The van der Waals surface area contributed by atoms with Gasteiger partial charge in [0.15, 0.2) is 6.10 Å². The number of rotatable bonds is 8. The maximum absolute atomic E-state index is 12.5. The van der Waals surface area contributed by atoms with Crippen molar-refractivity contribution in [3.05, 3.63) is 54.1 Å². The lowest BCUT2D eigenvalue weighted by Gasteiger charge is -2.19. The molecule has 0 spiro atoms. The Morgan fingerprint density at radius 2 is 1.67 bits per heavy atom. The van der Waals surface area contributed by atoms with Gasteiger partial charge in [0.05, 0.1) is 4.90 Å². The smallest absolute Gasteiger partial charge is 0.265 e. The summed E-state index contributed by atoms with van der Waals surface area (Å²) in [6.45, 7) is 7.99. The van der Waals surface area contributed by atoms with Crippen LogP contribution in [0, 0.1) is 6.92 Å². The topological polar surface area (TPSA) is 75.7 Å². The minimum Gasteiger partial charge on any atom is -0.481 e. The van der Waals surface area contributed by atoms with Crippen molar-refractivity contribution in [1.29, 1.82) is 0 Å². The van der Waals surface area contributed by atoms with Crippen molar-refractivity contribution >= 4 is 21.6 Å². The molecule has 0 aromatic heterocycles. The van der Waals surface area contributed by atoms with E-state index in [2.05, 4.69) is 5.32 Å². The number of carbonyl (C=O) groups is 1. The first-order valence-corrected chi connectivity index (χ1v) is 10.4. The second-order valence-corrected chi connectivity index (χ2v) is 8.07. The van der Waals surface area contributed by atoms with Gasteiger partial charge in [0.25, 0.3) is 5.91 Å². The number of nitrogens with one attached hydrogen (secondary N) is 1. The standard InChI is InChI=1S/C20H26N2O4S/c1-5-22(6-2)27(24,25)18-13-11-17(12-14-18)21-20(23)16(4)26-19-10-8-7-9-15(19)3/h7-14,16H,5-6H2,1-4H3,(H,21,23)/t16-/m0/s1. The Morgan fingerprint density at radius 1 is 1.07 bits per heavy atom. The summed E-state index contributed by atoms with van der Waals surface area (Å²) in [7, 11) is -3.51. The van der Waals surface area contributed by atoms with Gasteiger partial charge in [-0.05, 0) is 49.7 Å². The van der Waals surface area contributed by atoms with E-state index in [1.54, 1.807) is 32.9 Å². The average Bonchev–Trinajstić information content (AvgIpc) is 2.64. The zero-order valence-electron chi connectivity index (χ0n) is 16.1. The fourth-order valence-corrected chi connectivity index (χ4v) is 4.06. The number of amides is 1. The zero-order chi connectivity index (χ0) is 20.0. The van der Waals surface area contributed by atoms with Crippen LogP contribution in [-0.2, 0) is 14.8 Å². The van der Waals surface area contributed by atoms with Crippen LogP contribution in [0.2, 0.25) is 0 Å². The number of anilines is 1. The summed E-state index contributed by atoms with van der Waals surface area (Å²) in [6.07, 6.45) is -0.690. The Hall–Kier alpha value is -2.38. The SMILES string of the molecule is CCN(CC)S(=O)(=O)c1ccc(NC(=O)[C@H](C)Oc2ccccc2C)cc1. The van der Waals surface area contributed by atoms with Crippen molar-refractivity contribution < 1.29 is 17.9 Å². The third-order valence-electron chi connectivity index (χ3n) is 4.23. The molecule has 6 nitrogen and oxygen atoms in total. The van der Waals surface area contributed by atoms with Gasteiger partial charge in [-0.15, -0.1) is 0 Å². The van der Waals surface area contributed by atoms with Gasteiger partial charge in [0.1, 0.15) is 5.75 Å². The number of benzene rings is 2. The van der Waals surface area contributed by atoms with E-state index in [-0.39, 0.29) is 10.8 Å². The van der Waals surface area contributed by atoms with Crippen molar-refractivity contribution in [2.75, 3.05) is 18.4 Å². The molecular weight excluding hydrogens is 364 g/mol. The fraction of sp³-hybridized carbons (Fsp3) is 0.350. The van der Waals surface area contributed by atoms with Gasteiger partial charge in [-0.3, -0.25) is 4.79 Å². The van der Waals surface area contributed by atoms with Gasteiger partial charge in [-0.25, -0.2) is 8.42 Å². The minimum atomic E-state index is -3.51. The molecule has 27 heavy (non-hydrogen) atoms. The van der Waals surface area contributed by atoms with Gasteiger partial charge < -0.3 is 10.1 Å². The van der Waals surface area contributed by atoms with Crippen molar-refractivity contribution in [3.63, 3.8) is 0 Å². The molecular formula is C20H26N2O4S. The number of ether oxygens (including phenoxy) is 1. The second kappa shape index (κ2) is 9.01. The predicted molar refractivity (Wildman–Crippen MR) is 106 cm³/mol. The van der Waals surface area contributed by atoms with E-state index < -0.39 is 16.1 Å². The molecule has 0 bridgehead atoms. The number of carbonyl (C=O) groups excluding carboxylic acids is 1. The third kappa shape index (κ3) is 5.08. The molecule has 0 saturated heterocycles. The highest BCUT2D eigenvalue weighted by molar-refractivity contribution is 7.89. The number of para-hydroxylation sites is 1. The van der Waals surface area contributed by atoms with Crippen molar-refractivity contribution in [3.8, 4) is 5.75 Å². The summed E-state index contributed by atoms with van der Waals surface area (Å²) >= 11 is 0. The van der Waals surface area contributed by atoms with Crippen LogP contribution in [0.4, 0.5) is 5.69 Å². The number of hydrogen-bond acceptors (Lipinski definition) is 4. The highest BCUT2D eigenvalue weighted by Gasteiger charge is 2.21. The van der Waals surface area contributed by atoms with E-state index in [1.165, 1.54) is 16.4 Å². The number of nitrogens with zero attached hydrogens (tertiary/aromatic N) is 1. The highest BCUT2D eigenvalue weighted by Crippen LogP contribution is 2.20. The fourth-order valence-electron chi connectivity index (χ4n) is 2.60. The van der Waals surface area contributed by atoms with Crippen LogP contribution in [0.15, 0.2) is 53.4 Å². The van der Waals surface area contributed by atoms with Crippen LogP contribution >= 0.6 is 0 Å². The molecule has 0 saturated carbocycles. The summed E-state index contributed by atoms with van der Waals surface area (Å²) in [5, 5.41) is 2.74. The molecule has 1 N–H and O–H groups in total. The van der Waals surface area contributed by atoms with E-state index in [0.717, 1.165) is 5.56 Å². The Morgan fingerprint density at radius 3 is 2.22 bits per heavy atom. The zero-order valence-corrected chi connectivity index (χ0v) is 16.9. The molecule has 0 aliphatic carbocycles. The highest BCUT2D eigenvalue weighted by atomic mass is 32.2. The Kier molecular flexibility index (Phi) is 6.98. The Bertz CT molecular complexity index is 875. The van der Waals surface area contributed by atoms with Crippen molar-refractivity contribution in [1.82, 2.24) is 4.31 Å². The summed E-state index contributed by atoms with van der Waals surface area (Å²) < 4.78 is 32.1. The third-order valence-corrected chi connectivity index (χ3v) is 6.30. The Labute approximate surface area is 161 Å². The molecule has 2 rings (SSSR count). The van der Waals surface area contributed by atoms with E-state index in [9.17, 15) is 13.2 Å². The molecule has 0 heterocycles. The molecule has 0 aliphatic heterocycles. The average molecular weight is 391 g/mol. The lowest BCUT2D eigenvalue weighted by molar-refractivity contribution is -0.122. The van der Waals surface area contributed by atoms with Crippen LogP contribution in [0.5, 0.6) is 5.75 Å². The second-order valence-electron chi connectivity index (χ2n) is 6.13. The number of sulfonamides is 1. The molecule has 2 aromatic carbocycles. The predicted octanol–water partition coefficient (Wildman–Crippen LogP) is 3.43. The van der Waals surface area contributed by atoms with Crippen molar-refractivity contribution in [2.45, 2.75) is 38.7 Å². The normalized spacial score (nSPS) is 12.6. The number of aryl methyl sites for hydroxylation is 1. The van der Waals surface area contributed by atoms with E-state index >= 15 is 0 Å². The van der Waals surface area contributed by atoms with Gasteiger partial charge in [-0.2, -0.15) is 4.31 Å². The quantitative estimate of drug-likeness (QED) is 0.749. The largest absolute Gasteiger partial charge is 0.481 e. The maximum Gasteiger partial charge on any atom is 0.265 e. The molecule has 146 valence electrons. The first kappa shape index (κ1) is 20.9. The van der Waals surface area contributed by atoms with Gasteiger partial charge in [0.2, 0.25) is 10.0 Å². The lowest BCUT2D eigenvalue weighted by Crippen LogP contribution is -2.31. The summed E-state index contributed by atoms with van der Waals surface area (Å²) in [5.74, 6) is 0.346. The first-order chi connectivity index (χ1) is 12.8. The van der Waals surface area contributed by atoms with Gasteiger partial charge >= 0.3 is 0 Å². The van der Waals surface area contributed by atoms with E-state index in [4.69, 9.17) is 4.74 Å². The van der Waals surface area contributed by atoms with Gasteiger partial charge in [0, 0.05) is 18.8 Å². The minimum absolute atomic E-state index is 0.202. The molecule has 7 heteroatoms. The van der Waals surface area contributed by atoms with Crippen molar-refractivity contribution in [2.24, 2.45) is 0 Å². The van der Waals surface area contributed by atoms with Crippen LogP contribution in [-0.4, -0.2) is 37.8 Å². The molecule has 0 fully saturated rings. The molecule has 0 aliphatic rings. The monoisotopic (exact) mass is 390 g/mol. The lowest BCUT2D eigenvalue weighted by atomic mass is 10.2. The van der Waals surface area contributed by atoms with Crippen LogP contribution in [0.3, 0.4) is 0 Å². The van der Waals surface area contributed by atoms with Gasteiger partial charge in [-0.1, -0.05) is 32.0 Å². The molecule has 2 aromatic rings. The first-order valence-electron chi connectivity index (χ1n) is 8.93. The maximum atomic E-state index is 12.5. The number of hydrogen-bond donors (Lipinski definition) is 1. The molecule has 1 atom stereocenters. The summed E-state index contributed by atoms with van der Waals surface area (Å²) in [5.41, 5.74) is 1.46. The van der Waals surface area contributed by atoms with E-state index in [1.807, 2.05) is 31.2 Å². The van der Waals surface area contributed by atoms with E-state index in [0.29, 0.717) is 24.5 Å².